The predicted octanol–water partition coefficient (Wildman–Crippen LogP) is 4.57. The molecule has 0 aromatic heterocycles. The highest BCUT2D eigenvalue weighted by molar-refractivity contribution is 9.10. The number of hydrogen-bond donors (Lipinski definition) is 1. The Labute approximate surface area is 120 Å². The Morgan fingerprint density at radius 2 is 1.56 bits per heavy atom. The second kappa shape index (κ2) is 5.47. The Kier molecular flexibility index (Phi) is 4.14. The van der Waals surface area contributed by atoms with Crippen LogP contribution in [0.15, 0.2) is 45.3 Å². The summed E-state index contributed by atoms with van der Waals surface area (Å²) in [5.74, 6) is -1.27. The minimum absolute atomic E-state index is 0.0306. The van der Waals surface area contributed by atoms with Gasteiger partial charge >= 0.3 is 0 Å². The van der Waals surface area contributed by atoms with E-state index < -0.39 is 17.7 Å². The molecule has 1 nitrogen and oxygen atoms in total. The maximum absolute atomic E-state index is 13.7. The number of aliphatic hydroxyl groups excluding tert-OH is 1. The van der Waals surface area contributed by atoms with Crippen molar-refractivity contribution in [2.24, 2.45) is 0 Å². The van der Waals surface area contributed by atoms with E-state index in [4.69, 9.17) is 0 Å². The summed E-state index contributed by atoms with van der Waals surface area (Å²) in [6, 6.07) is 8.86. The molecule has 94 valence electrons. The lowest BCUT2D eigenvalue weighted by atomic mass is 10.0. The third kappa shape index (κ3) is 2.63. The second-order valence-electron chi connectivity index (χ2n) is 3.71. The lowest BCUT2D eigenvalue weighted by molar-refractivity contribution is 0.213. The number of rotatable bonds is 2. The quantitative estimate of drug-likeness (QED) is 0.760. The molecule has 0 saturated carbocycles. The van der Waals surface area contributed by atoms with Crippen LogP contribution < -0.4 is 0 Å². The number of aliphatic hydroxyl groups is 1. The molecule has 0 aliphatic rings. The first kappa shape index (κ1) is 13.6. The van der Waals surface area contributed by atoms with Gasteiger partial charge in [-0.3, -0.25) is 0 Å². The number of benzene rings is 2. The van der Waals surface area contributed by atoms with Gasteiger partial charge in [-0.1, -0.05) is 34.1 Å². The van der Waals surface area contributed by atoms with E-state index in [0.717, 1.165) is 12.1 Å². The summed E-state index contributed by atoms with van der Waals surface area (Å²) in [5, 5.41) is 10.1. The van der Waals surface area contributed by atoms with Crippen LogP contribution in [0.2, 0.25) is 0 Å². The molecule has 0 saturated heterocycles. The van der Waals surface area contributed by atoms with Crippen LogP contribution >= 0.6 is 31.9 Å². The summed E-state index contributed by atoms with van der Waals surface area (Å²) in [5.41, 5.74) is 0.390. The van der Waals surface area contributed by atoms with E-state index in [0.29, 0.717) is 10.0 Å². The third-order valence-corrected chi connectivity index (χ3v) is 3.86. The Morgan fingerprint density at radius 3 is 2.22 bits per heavy atom. The first-order chi connectivity index (χ1) is 8.50. The van der Waals surface area contributed by atoms with Gasteiger partial charge in [0.15, 0.2) is 0 Å². The van der Waals surface area contributed by atoms with Crippen LogP contribution in [-0.2, 0) is 0 Å². The van der Waals surface area contributed by atoms with Gasteiger partial charge in [0.2, 0.25) is 0 Å². The molecule has 5 heteroatoms. The molecule has 2 aromatic rings. The minimum atomic E-state index is -1.22. The van der Waals surface area contributed by atoms with Gasteiger partial charge in [-0.05, 0) is 39.7 Å². The van der Waals surface area contributed by atoms with Crippen LogP contribution in [0.1, 0.15) is 17.2 Å². The van der Waals surface area contributed by atoms with E-state index in [9.17, 15) is 13.9 Å². The molecule has 0 heterocycles. The number of halogens is 4. The van der Waals surface area contributed by atoms with E-state index in [2.05, 4.69) is 31.9 Å². The van der Waals surface area contributed by atoms with Gasteiger partial charge in [0, 0.05) is 10.0 Å². The molecule has 2 aromatic carbocycles. The van der Waals surface area contributed by atoms with Crippen LogP contribution in [0, 0.1) is 11.6 Å². The Morgan fingerprint density at radius 1 is 0.889 bits per heavy atom. The molecule has 1 atom stereocenters. The molecule has 18 heavy (non-hydrogen) atoms. The smallest absolute Gasteiger partial charge is 0.137 e. The summed E-state index contributed by atoms with van der Waals surface area (Å²) in [4.78, 5) is 0. The van der Waals surface area contributed by atoms with Gasteiger partial charge < -0.3 is 5.11 Å². The van der Waals surface area contributed by atoms with Crippen molar-refractivity contribution in [2.75, 3.05) is 0 Å². The van der Waals surface area contributed by atoms with E-state index in [1.807, 2.05) is 0 Å². The first-order valence-corrected chi connectivity index (χ1v) is 6.66. The van der Waals surface area contributed by atoms with Gasteiger partial charge in [0.1, 0.15) is 17.7 Å². The highest BCUT2D eigenvalue weighted by Gasteiger charge is 2.19. The molecule has 0 spiro atoms. The summed E-state index contributed by atoms with van der Waals surface area (Å²) in [6.07, 6.45) is -1.22. The molecule has 0 aliphatic carbocycles. The molecule has 2 rings (SSSR count). The standard InChI is InChI=1S/C13H8Br2F2O/c14-9-4-2-1-3-7(9)13(18)8-5-12(17)10(15)6-11(8)16/h1-6,13,18H. The Hall–Kier alpha value is -0.780. The summed E-state index contributed by atoms with van der Waals surface area (Å²) >= 11 is 6.16. The fraction of sp³-hybridized carbons (Fsp3) is 0.0769. The van der Waals surface area contributed by atoms with Crippen LogP contribution in [0.25, 0.3) is 0 Å². The fourth-order valence-corrected chi connectivity index (χ4v) is 2.43. The van der Waals surface area contributed by atoms with E-state index in [-0.39, 0.29) is 10.0 Å². The molecule has 0 fully saturated rings. The summed E-state index contributed by atoms with van der Waals surface area (Å²) < 4.78 is 27.8. The van der Waals surface area contributed by atoms with E-state index in [1.54, 1.807) is 24.3 Å². The van der Waals surface area contributed by atoms with Gasteiger partial charge in [-0.2, -0.15) is 0 Å². The summed E-state index contributed by atoms with van der Waals surface area (Å²) in [6.45, 7) is 0. The molecule has 0 amide bonds. The Balaban J connectivity index is 2.50. The van der Waals surface area contributed by atoms with E-state index >= 15 is 0 Å². The van der Waals surface area contributed by atoms with Crippen molar-refractivity contribution in [3.63, 3.8) is 0 Å². The molecule has 1 N–H and O–H groups in total. The topological polar surface area (TPSA) is 20.2 Å². The van der Waals surface area contributed by atoms with Gasteiger partial charge in [0.05, 0.1) is 4.47 Å². The van der Waals surface area contributed by atoms with Crippen LogP contribution in [0.5, 0.6) is 0 Å². The zero-order chi connectivity index (χ0) is 13.3. The average molecular weight is 378 g/mol. The predicted molar refractivity (Wildman–Crippen MR) is 72.3 cm³/mol. The van der Waals surface area contributed by atoms with Crippen LogP contribution in [-0.4, -0.2) is 5.11 Å². The molecular formula is C13H8Br2F2O. The van der Waals surface area contributed by atoms with Crippen molar-refractivity contribution in [3.05, 3.63) is 68.1 Å². The highest BCUT2D eigenvalue weighted by atomic mass is 79.9. The van der Waals surface area contributed by atoms with Crippen LogP contribution in [0.4, 0.5) is 8.78 Å². The van der Waals surface area contributed by atoms with Gasteiger partial charge in [-0.15, -0.1) is 0 Å². The SMILES string of the molecule is OC(c1cc(F)c(Br)cc1F)c1ccccc1Br. The van der Waals surface area contributed by atoms with Crippen molar-refractivity contribution >= 4 is 31.9 Å². The largest absolute Gasteiger partial charge is 0.384 e. The van der Waals surface area contributed by atoms with Gasteiger partial charge in [0.25, 0.3) is 0 Å². The number of hydrogen-bond acceptors (Lipinski definition) is 1. The van der Waals surface area contributed by atoms with E-state index in [1.165, 1.54) is 0 Å². The molecular weight excluding hydrogens is 370 g/mol. The van der Waals surface area contributed by atoms with Crippen molar-refractivity contribution in [1.82, 2.24) is 0 Å². The van der Waals surface area contributed by atoms with Crippen LogP contribution in [0.3, 0.4) is 0 Å². The van der Waals surface area contributed by atoms with Gasteiger partial charge in [-0.25, -0.2) is 8.78 Å². The third-order valence-electron chi connectivity index (χ3n) is 2.53. The lowest BCUT2D eigenvalue weighted by Gasteiger charge is -2.14. The molecule has 0 bridgehead atoms. The maximum atomic E-state index is 13.7. The van der Waals surface area contributed by atoms with Crippen molar-refractivity contribution in [2.45, 2.75) is 6.10 Å². The zero-order valence-electron chi connectivity index (χ0n) is 9.00. The highest BCUT2D eigenvalue weighted by Crippen LogP contribution is 2.31. The van der Waals surface area contributed by atoms with Crippen molar-refractivity contribution in [1.29, 1.82) is 0 Å². The zero-order valence-corrected chi connectivity index (χ0v) is 12.2. The minimum Gasteiger partial charge on any atom is -0.384 e. The molecule has 0 radical (unpaired) electrons. The monoisotopic (exact) mass is 376 g/mol. The first-order valence-electron chi connectivity index (χ1n) is 5.07. The molecule has 1 unspecified atom stereocenters. The van der Waals surface area contributed by atoms with Crippen molar-refractivity contribution < 1.29 is 13.9 Å². The second-order valence-corrected chi connectivity index (χ2v) is 5.42. The molecule has 0 aliphatic heterocycles. The normalized spacial score (nSPS) is 12.5. The van der Waals surface area contributed by atoms with Crippen molar-refractivity contribution in [3.8, 4) is 0 Å². The fourth-order valence-electron chi connectivity index (χ4n) is 1.61. The average Bonchev–Trinajstić information content (AvgIpc) is 2.33. The lowest BCUT2D eigenvalue weighted by Crippen LogP contribution is -2.04. The summed E-state index contributed by atoms with van der Waals surface area (Å²) in [7, 11) is 0. The Bertz CT molecular complexity index is 587. The maximum Gasteiger partial charge on any atom is 0.137 e.